The monoisotopic (exact) mass is 480 g/mol. The predicted octanol–water partition coefficient (Wildman–Crippen LogP) is 4.52. The molecule has 4 aromatic rings. The molecule has 1 aliphatic heterocycles. The number of rotatable bonds is 3. The van der Waals surface area contributed by atoms with Crippen molar-refractivity contribution in [3.63, 3.8) is 0 Å². The zero-order valence-electron chi connectivity index (χ0n) is 17.4. The van der Waals surface area contributed by atoms with Crippen LogP contribution in [0.1, 0.15) is 10.4 Å². The van der Waals surface area contributed by atoms with Crippen LogP contribution in [0.3, 0.4) is 0 Å². The Morgan fingerprint density at radius 2 is 1.70 bits per heavy atom. The lowest BCUT2D eigenvalue weighted by atomic mass is 10.1. The molecular formula is C24H18Cl2N4O3. The van der Waals surface area contributed by atoms with E-state index in [-0.39, 0.29) is 11.5 Å². The second-order valence-corrected chi connectivity index (χ2v) is 8.51. The fourth-order valence-electron chi connectivity index (χ4n) is 3.85. The van der Waals surface area contributed by atoms with E-state index in [9.17, 15) is 9.59 Å². The molecule has 1 aliphatic rings. The minimum absolute atomic E-state index is 0.0473. The summed E-state index contributed by atoms with van der Waals surface area (Å²) in [5, 5.41) is 10.4. The van der Waals surface area contributed by atoms with E-state index in [1.54, 1.807) is 35.2 Å². The fraction of sp³-hybridized carbons (Fsp3) is 0.167. The Morgan fingerprint density at radius 3 is 2.42 bits per heavy atom. The molecule has 5 rings (SSSR count). The number of anilines is 1. The number of hydrogen-bond acceptors (Lipinski definition) is 6. The van der Waals surface area contributed by atoms with Crippen molar-refractivity contribution in [3.05, 3.63) is 86.7 Å². The van der Waals surface area contributed by atoms with Gasteiger partial charge in [0.15, 0.2) is 5.82 Å². The molecule has 0 bridgehead atoms. The number of halogens is 2. The third-order valence-electron chi connectivity index (χ3n) is 5.62. The third kappa shape index (κ3) is 4.29. The van der Waals surface area contributed by atoms with E-state index in [1.807, 2.05) is 35.2 Å². The Labute approximate surface area is 199 Å². The van der Waals surface area contributed by atoms with Gasteiger partial charge in [0, 0.05) is 42.2 Å². The van der Waals surface area contributed by atoms with Crippen LogP contribution in [0.15, 0.2) is 69.9 Å². The van der Waals surface area contributed by atoms with E-state index in [4.69, 9.17) is 27.6 Å². The van der Waals surface area contributed by atoms with Crippen molar-refractivity contribution >= 4 is 45.9 Å². The molecular weight excluding hydrogens is 463 g/mol. The largest absolute Gasteiger partial charge is 0.422 e. The van der Waals surface area contributed by atoms with E-state index >= 15 is 0 Å². The molecule has 0 aliphatic carbocycles. The number of carbonyl (C=O) groups excluding carboxylic acids is 1. The van der Waals surface area contributed by atoms with Crippen LogP contribution in [-0.2, 0) is 0 Å². The van der Waals surface area contributed by atoms with Gasteiger partial charge in [0.1, 0.15) is 11.1 Å². The van der Waals surface area contributed by atoms with Gasteiger partial charge in [-0.1, -0.05) is 41.4 Å². The third-order valence-corrected chi connectivity index (χ3v) is 6.17. The van der Waals surface area contributed by atoms with Gasteiger partial charge in [-0.3, -0.25) is 4.79 Å². The quantitative estimate of drug-likeness (QED) is 0.401. The Kier molecular flexibility index (Phi) is 5.74. The second-order valence-electron chi connectivity index (χ2n) is 7.67. The van der Waals surface area contributed by atoms with Gasteiger partial charge in [-0.05, 0) is 42.5 Å². The molecule has 1 amide bonds. The highest BCUT2D eigenvalue weighted by atomic mass is 35.5. The van der Waals surface area contributed by atoms with Crippen LogP contribution < -0.4 is 10.5 Å². The number of hydrogen-bond donors (Lipinski definition) is 0. The van der Waals surface area contributed by atoms with Gasteiger partial charge in [-0.25, -0.2) is 4.79 Å². The lowest BCUT2D eigenvalue weighted by Crippen LogP contribution is -2.49. The Balaban J connectivity index is 1.28. The first-order valence-corrected chi connectivity index (χ1v) is 11.1. The topological polar surface area (TPSA) is 79.5 Å². The van der Waals surface area contributed by atoms with Crippen LogP contribution in [-0.4, -0.2) is 47.2 Å². The summed E-state index contributed by atoms with van der Waals surface area (Å²) >= 11 is 12.2. The van der Waals surface area contributed by atoms with Crippen molar-refractivity contribution in [2.45, 2.75) is 0 Å². The average molecular weight is 481 g/mol. The van der Waals surface area contributed by atoms with Gasteiger partial charge < -0.3 is 14.2 Å². The molecule has 0 N–H and O–H groups in total. The Bertz CT molecular complexity index is 1400. The Hall–Kier alpha value is -3.42. The van der Waals surface area contributed by atoms with Gasteiger partial charge in [-0.2, -0.15) is 0 Å². The van der Waals surface area contributed by atoms with E-state index in [0.717, 1.165) is 10.9 Å². The Morgan fingerprint density at radius 1 is 0.909 bits per heavy atom. The first kappa shape index (κ1) is 21.4. The summed E-state index contributed by atoms with van der Waals surface area (Å²) in [4.78, 5) is 29.0. The number of benzene rings is 2. The van der Waals surface area contributed by atoms with Crippen molar-refractivity contribution in [1.29, 1.82) is 0 Å². The molecule has 0 atom stereocenters. The number of nitrogens with zero attached hydrogens (tertiary/aromatic N) is 4. The van der Waals surface area contributed by atoms with Crippen molar-refractivity contribution in [3.8, 4) is 11.3 Å². The SMILES string of the molecule is O=C(c1cc2ccccc2oc1=O)N1CCN(c2ccc(-c3ccc(Cl)cc3Cl)nn2)CC1. The van der Waals surface area contributed by atoms with Crippen molar-refractivity contribution < 1.29 is 9.21 Å². The van der Waals surface area contributed by atoms with Crippen LogP contribution in [0.2, 0.25) is 10.0 Å². The number of aromatic nitrogens is 2. The average Bonchev–Trinajstić information content (AvgIpc) is 2.83. The summed E-state index contributed by atoms with van der Waals surface area (Å²) in [7, 11) is 0. The minimum Gasteiger partial charge on any atom is -0.422 e. The van der Waals surface area contributed by atoms with Crippen LogP contribution >= 0.6 is 23.2 Å². The maximum atomic E-state index is 13.0. The maximum absolute atomic E-state index is 13.0. The summed E-state index contributed by atoms with van der Waals surface area (Å²) in [6.45, 7) is 2.05. The summed E-state index contributed by atoms with van der Waals surface area (Å²) in [5.74, 6) is 0.383. The molecule has 2 aromatic carbocycles. The lowest BCUT2D eigenvalue weighted by molar-refractivity contribution is 0.0742. The van der Waals surface area contributed by atoms with Gasteiger partial charge in [0.05, 0.1) is 10.7 Å². The molecule has 2 aromatic heterocycles. The van der Waals surface area contributed by atoms with Gasteiger partial charge in [-0.15, -0.1) is 10.2 Å². The normalized spacial score (nSPS) is 14.0. The highest BCUT2D eigenvalue weighted by Gasteiger charge is 2.25. The van der Waals surface area contributed by atoms with Gasteiger partial charge >= 0.3 is 5.63 Å². The van der Waals surface area contributed by atoms with Crippen LogP contribution in [0.5, 0.6) is 0 Å². The zero-order chi connectivity index (χ0) is 22.9. The minimum atomic E-state index is -0.622. The smallest absolute Gasteiger partial charge is 0.349 e. The highest BCUT2D eigenvalue weighted by molar-refractivity contribution is 6.36. The van der Waals surface area contributed by atoms with Gasteiger partial charge in [0.25, 0.3) is 5.91 Å². The fourth-order valence-corrected chi connectivity index (χ4v) is 4.36. The molecule has 7 nitrogen and oxygen atoms in total. The molecule has 0 saturated carbocycles. The number of piperazine rings is 1. The highest BCUT2D eigenvalue weighted by Crippen LogP contribution is 2.29. The molecule has 166 valence electrons. The predicted molar refractivity (Wildman–Crippen MR) is 128 cm³/mol. The first-order valence-electron chi connectivity index (χ1n) is 10.4. The van der Waals surface area contributed by atoms with Crippen LogP contribution in [0, 0.1) is 0 Å². The molecule has 0 radical (unpaired) electrons. The summed E-state index contributed by atoms with van der Waals surface area (Å²) in [6, 6.07) is 17.7. The van der Waals surface area contributed by atoms with E-state index in [1.165, 1.54) is 0 Å². The molecule has 3 heterocycles. The molecule has 0 unspecified atom stereocenters. The summed E-state index contributed by atoms with van der Waals surface area (Å²) < 4.78 is 5.31. The first-order chi connectivity index (χ1) is 16.0. The summed E-state index contributed by atoms with van der Waals surface area (Å²) in [5.41, 5.74) is 1.29. The van der Waals surface area contributed by atoms with Crippen molar-refractivity contribution in [2.75, 3.05) is 31.1 Å². The lowest BCUT2D eigenvalue weighted by Gasteiger charge is -2.35. The van der Waals surface area contributed by atoms with Crippen molar-refractivity contribution in [1.82, 2.24) is 15.1 Å². The summed E-state index contributed by atoms with van der Waals surface area (Å²) in [6.07, 6.45) is 0. The number of fused-ring (bicyclic) bond motifs is 1. The van der Waals surface area contributed by atoms with Crippen LogP contribution in [0.4, 0.5) is 5.82 Å². The van der Waals surface area contributed by atoms with Crippen molar-refractivity contribution in [2.24, 2.45) is 0 Å². The van der Waals surface area contributed by atoms with E-state index in [0.29, 0.717) is 53.3 Å². The molecule has 1 fully saturated rings. The molecule has 9 heteroatoms. The molecule has 1 saturated heterocycles. The number of amides is 1. The second kappa shape index (κ2) is 8.84. The molecule has 0 spiro atoms. The molecule has 33 heavy (non-hydrogen) atoms. The number of para-hydroxylation sites is 1. The number of carbonyl (C=O) groups is 1. The van der Waals surface area contributed by atoms with E-state index in [2.05, 4.69) is 10.2 Å². The zero-order valence-corrected chi connectivity index (χ0v) is 18.9. The standard InChI is InChI=1S/C24H18Cl2N4O3/c25-16-5-6-17(19(26)14-16)20-7-8-22(28-27-20)29-9-11-30(12-10-29)23(31)18-13-15-3-1-2-4-21(15)33-24(18)32/h1-8,13-14H,9-12H2. The van der Waals surface area contributed by atoms with Crippen LogP contribution in [0.25, 0.3) is 22.2 Å². The van der Waals surface area contributed by atoms with Gasteiger partial charge in [0.2, 0.25) is 0 Å². The maximum Gasteiger partial charge on any atom is 0.349 e. The van der Waals surface area contributed by atoms with E-state index < -0.39 is 5.63 Å².